The van der Waals surface area contributed by atoms with Crippen LogP contribution in [0.25, 0.3) is 0 Å². The maximum atomic E-state index is 11.0. The molecule has 92 valence electrons. The summed E-state index contributed by atoms with van der Waals surface area (Å²) >= 11 is 0. The highest BCUT2D eigenvalue weighted by atomic mass is 16.5. The van der Waals surface area contributed by atoms with Gasteiger partial charge in [-0.3, -0.25) is 4.79 Å². The van der Waals surface area contributed by atoms with E-state index < -0.39 is 0 Å². The molecule has 17 heavy (non-hydrogen) atoms. The standard InChI is InChI=1S/C13H18N2O2/c1-17-12-5-3-2-4-10(12)8-14-11-6-7-13(16)15-9-11/h2-5,11,14H,6-9H2,1H3,(H,15,16). The third kappa shape index (κ3) is 3.20. The Morgan fingerprint density at radius 3 is 3.00 bits per heavy atom. The number of para-hydroxylation sites is 1. The van der Waals surface area contributed by atoms with Crippen molar-refractivity contribution < 1.29 is 9.53 Å². The van der Waals surface area contributed by atoms with E-state index in [-0.39, 0.29) is 5.91 Å². The Balaban J connectivity index is 1.87. The number of carbonyl (C=O) groups excluding carboxylic acids is 1. The number of piperidine rings is 1. The molecule has 1 saturated heterocycles. The number of ether oxygens (including phenoxy) is 1. The Morgan fingerprint density at radius 2 is 2.29 bits per heavy atom. The van der Waals surface area contributed by atoms with Crippen LogP contribution in [-0.2, 0) is 11.3 Å². The molecule has 1 fully saturated rings. The van der Waals surface area contributed by atoms with Crippen molar-refractivity contribution in [2.75, 3.05) is 13.7 Å². The zero-order valence-electron chi connectivity index (χ0n) is 10.0. The van der Waals surface area contributed by atoms with Crippen molar-refractivity contribution in [3.05, 3.63) is 29.8 Å². The summed E-state index contributed by atoms with van der Waals surface area (Å²) in [5.41, 5.74) is 1.15. The van der Waals surface area contributed by atoms with E-state index in [1.807, 2.05) is 24.3 Å². The Labute approximate surface area is 101 Å². The number of hydrogen-bond donors (Lipinski definition) is 2. The van der Waals surface area contributed by atoms with Gasteiger partial charge in [0.25, 0.3) is 0 Å². The molecule has 1 unspecified atom stereocenters. The SMILES string of the molecule is COc1ccccc1CNC1CCC(=O)NC1. The van der Waals surface area contributed by atoms with Gasteiger partial charge in [0.05, 0.1) is 7.11 Å². The van der Waals surface area contributed by atoms with Crippen molar-refractivity contribution in [1.29, 1.82) is 0 Å². The van der Waals surface area contributed by atoms with Crippen LogP contribution in [0.5, 0.6) is 5.75 Å². The highest BCUT2D eigenvalue weighted by Crippen LogP contribution is 2.17. The zero-order valence-corrected chi connectivity index (χ0v) is 10.0. The first-order valence-corrected chi connectivity index (χ1v) is 5.91. The van der Waals surface area contributed by atoms with Crippen molar-refractivity contribution in [3.8, 4) is 5.75 Å². The monoisotopic (exact) mass is 234 g/mol. The molecule has 1 aliphatic rings. The lowest BCUT2D eigenvalue weighted by atomic mass is 10.1. The number of hydrogen-bond acceptors (Lipinski definition) is 3. The molecule has 0 aromatic heterocycles. The van der Waals surface area contributed by atoms with Crippen LogP contribution in [0.15, 0.2) is 24.3 Å². The highest BCUT2D eigenvalue weighted by Gasteiger charge is 2.17. The van der Waals surface area contributed by atoms with Crippen LogP contribution >= 0.6 is 0 Å². The minimum absolute atomic E-state index is 0.153. The minimum atomic E-state index is 0.153. The minimum Gasteiger partial charge on any atom is -0.496 e. The predicted octanol–water partition coefficient (Wildman–Crippen LogP) is 1.06. The largest absolute Gasteiger partial charge is 0.496 e. The summed E-state index contributed by atoms with van der Waals surface area (Å²) in [6, 6.07) is 8.33. The molecule has 2 rings (SSSR count). The molecular formula is C13H18N2O2. The van der Waals surface area contributed by atoms with E-state index in [2.05, 4.69) is 10.6 Å². The second-order valence-electron chi connectivity index (χ2n) is 4.23. The molecule has 0 radical (unpaired) electrons. The number of nitrogens with one attached hydrogen (secondary N) is 2. The normalized spacial score (nSPS) is 19.8. The third-order valence-corrected chi connectivity index (χ3v) is 3.04. The molecule has 1 aliphatic heterocycles. The molecule has 1 amide bonds. The number of rotatable bonds is 4. The summed E-state index contributed by atoms with van der Waals surface area (Å²) in [5.74, 6) is 1.06. The fourth-order valence-corrected chi connectivity index (χ4v) is 2.01. The van der Waals surface area contributed by atoms with E-state index in [4.69, 9.17) is 4.74 Å². The van der Waals surface area contributed by atoms with E-state index in [0.717, 1.165) is 24.3 Å². The van der Waals surface area contributed by atoms with Crippen LogP contribution in [0.2, 0.25) is 0 Å². The van der Waals surface area contributed by atoms with Gasteiger partial charge >= 0.3 is 0 Å². The quantitative estimate of drug-likeness (QED) is 0.819. The Hall–Kier alpha value is -1.55. The van der Waals surface area contributed by atoms with Gasteiger partial charge in [0.1, 0.15) is 5.75 Å². The molecule has 0 bridgehead atoms. The molecule has 4 nitrogen and oxygen atoms in total. The van der Waals surface area contributed by atoms with Crippen LogP contribution in [0.4, 0.5) is 0 Å². The van der Waals surface area contributed by atoms with Gasteiger partial charge in [-0.2, -0.15) is 0 Å². The van der Waals surface area contributed by atoms with Crippen LogP contribution in [0.1, 0.15) is 18.4 Å². The first-order chi connectivity index (χ1) is 8.29. The number of benzene rings is 1. The molecule has 1 heterocycles. The van der Waals surface area contributed by atoms with Crippen molar-refractivity contribution in [1.82, 2.24) is 10.6 Å². The van der Waals surface area contributed by atoms with Crippen molar-refractivity contribution in [2.45, 2.75) is 25.4 Å². The summed E-state index contributed by atoms with van der Waals surface area (Å²) in [7, 11) is 1.68. The lowest BCUT2D eigenvalue weighted by molar-refractivity contribution is -0.122. The molecule has 4 heteroatoms. The second kappa shape index (κ2) is 5.68. The molecule has 0 saturated carbocycles. The number of amides is 1. The van der Waals surface area contributed by atoms with Crippen LogP contribution in [0, 0.1) is 0 Å². The summed E-state index contributed by atoms with van der Waals surface area (Å²) in [6.07, 6.45) is 1.52. The van der Waals surface area contributed by atoms with Gasteiger partial charge in [0.2, 0.25) is 5.91 Å². The van der Waals surface area contributed by atoms with E-state index in [1.165, 1.54) is 0 Å². The Bertz CT molecular complexity index is 383. The summed E-state index contributed by atoms with van der Waals surface area (Å²) in [5, 5.41) is 6.30. The van der Waals surface area contributed by atoms with Crippen LogP contribution in [0.3, 0.4) is 0 Å². The second-order valence-corrected chi connectivity index (χ2v) is 4.23. The Kier molecular flexibility index (Phi) is 3.98. The van der Waals surface area contributed by atoms with Crippen molar-refractivity contribution in [2.24, 2.45) is 0 Å². The van der Waals surface area contributed by atoms with E-state index >= 15 is 0 Å². The van der Waals surface area contributed by atoms with Gasteiger partial charge in [0, 0.05) is 31.1 Å². The number of methoxy groups -OCH3 is 1. The molecular weight excluding hydrogens is 216 g/mol. The maximum absolute atomic E-state index is 11.0. The molecule has 2 N–H and O–H groups in total. The first-order valence-electron chi connectivity index (χ1n) is 5.91. The molecule has 0 aliphatic carbocycles. The molecule has 1 atom stereocenters. The van der Waals surface area contributed by atoms with E-state index in [0.29, 0.717) is 19.0 Å². The first kappa shape index (κ1) is 11.9. The highest BCUT2D eigenvalue weighted by molar-refractivity contribution is 5.76. The van der Waals surface area contributed by atoms with Crippen LogP contribution in [-0.4, -0.2) is 25.6 Å². The van der Waals surface area contributed by atoms with E-state index in [9.17, 15) is 4.79 Å². The van der Waals surface area contributed by atoms with Gasteiger partial charge in [-0.05, 0) is 12.5 Å². The molecule has 1 aromatic carbocycles. The third-order valence-electron chi connectivity index (χ3n) is 3.04. The van der Waals surface area contributed by atoms with Crippen molar-refractivity contribution >= 4 is 5.91 Å². The maximum Gasteiger partial charge on any atom is 0.220 e. The lowest BCUT2D eigenvalue weighted by Crippen LogP contribution is -2.45. The average Bonchev–Trinajstić information content (AvgIpc) is 2.38. The Morgan fingerprint density at radius 1 is 1.47 bits per heavy atom. The van der Waals surface area contributed by atoms with Crippen LogP contribution < -0.4 is 15.4 Å². The smallest absolute Gasteiger partial charge is 0.220 e. The summed E-state index contributed by atoms with van der Waals surface area (Å²) in [6.45, 7) is 1.48. The van der Waals surface area contributed by atoms with E-state index in [1.54, 1.807) is 7.11 Å². The fraction of sp³-hybridized carbons (Fsp3) is 0.462. The average molecular weight is 234 g/mol. The summed E-state index contributed by atoms with van der Waals surface area (Å²) in [4.78, 5) is 11.0. The summed E-state index contributed by atoms with van der Waals surface area (Å²) < 4.78 is 5.29. The fourth-order valence-electron chi connectivity index (χ4n) is 2.01. The molecule has 0 spiro atoms. The van der Waals surface area contributed by atoms with Gasteiger partial charge in [-0.15, -0.1) is 0 Å². The van der Waals surface area contributed by atoms with Gasteiger partial charge in [0.15, 0.2) is 0 Å². The van der Waals surface area contributed by atoms with Gasteiger partial charge < -0.3 is 15.4 Å². The number of carbonyl (C=O) groups is 1. The topological polar surface area (TPSA) is 50.4 Å². The van der Waals surface area contributed by atoms with Gasteiger partial charge in [-0.1, -0.05) is 18.2 Å². The molecule has 1 aromatic rings. The lowest BCUT2D eigenvalue weighted by Gasteiger charge is -2.23. The zero-order chi connectivity index (χ0) is 12.1. The van der Waals surface area contributed by atoms with Gasteiger partial charge in [-0.25, -0.2) is 0 Å². The van der Waals surface area contributed by atoms with Crippen molar-refractivity contribution in [3.63, 3.8) is 0 Å². The predicted molar refractivity (Wildman–Crippen MR) is 65.9 cm³/mol.